The molecule has 0 bridgehead atoms. The quantitative estimate of drug-likeness (QED) is 0.535. The summed E-state index contributed by atoms with van der Waals surface area (Å²) in [5, 5.41) is 0. The Morgan fingerprint density at radius 3 is 2.37 bits per heavy atom. The Labute approximate surface area is 206 Å². The van der Waals surface area contributed by atoms with E-state index in [1.54, 1.807) is 11.1 Å². The van der Waals surface area contributed by atoms with Gasteiger partial charge in [0.15, 0.2) is 0 Å². The number of nitrogens with zero attached hydrogens (tertiary/aromatic N) is 5. The smallest absolute Gasteiger partial charge is 0.318 e. The number of carbonyl (C=O) groups is 2. The lowest BCUT2D eigenvalue weighted by atomic mass is 9.85. The van der Waals surface area contributed by atoms with Gasteiger partial charge in [-0.3, -0.25) is 19.6 Å². The monoisotopic (exact) mass is 469 g/mol. The van der Waals surface area contributed by atoms with Crippen molar-refractivity contribution in [3.63, 3.8) is 0 Å². The molecule has 6 rings (SSSR count). The first-order chi connectivity index (χ1) is 17.1. The number of fused-ring (bicyclic) bond motifs is 1. The third-order valence-corrected chi connectivity index (χ3v) is 8.11. The Hall–Kier alpha value is -3.45. The minimum absolute atomic E-state index is 0.0144. The number of hydrogen-bond acceptors (Lipinski definition) is 4. The molecule has 2 aromatic heterocycles. The van der Waals surface area contributed by atoms with E-state index in [2.05, 4.69) is 51.0 Å². The molecule has 4 heterocycles. The average Bonchev–Trinajstić information content (AvgIpc) is 3.57. The molecule has 0 atom stereocenters. The van der Waals surface area contributed by atoms with Crippen LogP contribution in [0.3, 0.4) is 0 Å². The molecule has 0 saturated carbocycles. The number of aromatic nitrogens is 2. The van der Waals surface area contributed by atoms with Crippen molar-refractivity contribution in [3.05, 3.63) is 83.9 Å². The molecule has 7 heteroatoms. The summed E-state index contributed by atoms with van der Waals surface area (Å²) in [6.45, 7) is 4.92. The van der Waals surface area contributed by atoms with Gasteiger partial charge in [0.05, 0.1) is 11.9 Å². The highest BCUT2D eigenvalue weighted by molar-refractivity contribution is 6.07. The highest BCUT2D eigenvalue weighted by atomic mass is 16.2. The van der Waals surface area contributed by atoms with E-state index >= 15 is 0 Å². The van der Waals surface area contributed by atoms with Crippen LogP contribution in [0.4, 0.5) is 4.79 Å². The van der Waals surface area contributed by atoms with E-state index in [9.17, 15) is 9.59 Å². The summed E-state index contributed by atoms with van der Waals surface area (Å²) in [6.07, 6.45) is 8.59. The summed E-state index contributed by atoms with van der Waals surface area (Å²) >= 11 is 0. The SMILES string of the molecule is CCN1C(=O)N(C2Cc3ccccc3C2)C(=O)C12CCN(Cc1cccn1-c1cccnc1)CC2. The largest absolute Gasteiger partial charge is 0.327 e. The van der Waals surface area contributed by atoms with Crippen LogP contribution < -0.4 is 0 Å². The number of imide groups is 1. The van der Waals surface area contributed by atoms with Crippen molar-refractivity contribution in [3.8, 4) is 5.69 Å². The van der Waals surface area contributed by atoms with E-state index in [-0.39, 0.29) is 18.0 Å². The van der Waals surface area contributed by atoms with Gasteiger partial charge in [0.25, 0.3) is 5.91 Å². The second-order valence-corrected chi connectivity index (χ2v) is 9.92. The van der Waals surface area contributed by atoms with Gasteiger partial charge in [-0.25, -0.2) is 4.79 Å². The molecule has 180 valence electrons. The zero-order valence-corrected chi connectivity index (χ0v) is 20.1. The Balaban J connectivity index is 1.18. The van der Waals surface area contributed by atoms with Crippen LogP contribution in [-0.4, -0.2) is 67.4 Å². The fraction of sp³-hybridized carbons (Fsp3) is 0.393. The summed E-state index contributed by atoms with van der Waals surface area (Å²) < 4.78 is 2.17. The standard InChI is InChI=1S/C28H31N5O2/c1-2-32-27(35)33(25-17-21-7-3-4-8-22(21)18-25)26(34)28(32)11-15-30(16-12-28)20-24-10-6-14-31(24)23-9-5-13-29-19-23/h3-10,13-14,19,25H,2,11-12,15-18,20H2,1H3. The summed E-state index contributed by atoms with van der Waals surface area (Å²) in [4.78, 5) is 37.5. The van der Waals surface area contributed by atoms with Crippen molar-refractivity contribution in [2.45, 2.75) is 50.7 Å². The predicted molar refractivity (Wildman–Crippen MR) is 133 cm³/mol. The molecule has 3 aliphatic rings. The summed E-state index contributed by atoms with van der Waals surface area (Å²) in [5.41, 5.74) is 4.05. The van der Waals surface area contributed by atoms with Crippen LogP contribution in [0.15, 0.2) is 67.1 Å². The minimum atomic E-state index is -0.706. The molecule has 3 aromatic rings. The van der Waals surface area contributed by atoms with Crippen molar-refractivity contribution in [1.29, 1.82) is 0 Å². The van der Waals surface area contributed by atoms with Gasteiger partial charge in [0.1, 0.15) is 5.54 Å². The second-order valence-electron chi connectivity index (χ2n) is 9.92. The average molecular weight is 470 g/mol. The van der Waals surface area contributed by atoms with Gasteiger partial charge in [0.2, 0.25) is 0 Å². The number of pyridine rings is 1. The van der Waals surface area contributed by atoms with Gasteiger partial charge < -0.3 is 9.47 Å². The normalized spacial score (nSPS) is 20.3. The molecule has 7 nitrogen and oxygen atoms in total. The van der Waals surface area contributed by atoms with Crippen LogP contribution in [0.5, 0.6) is 0 Å². The lowest BCUT2D eigenvalue weighted by Gasteiger charge is -2.42. The van der Waals surface area contributed by atoms with Gasteiger partial charge in [-0.1, -0.05) is 24.3 Å². The Bertz CT molecular complexity index is 1220. The second kappa shape index (κ2) is 8.64. The molecule has 2 fully saturated rings. The number of likely N-dealkylation sites (tertiary alicyclic amines) is 1. The van der Waals surface area contributed by atoms with E-state index in [1.165, 1.54) is 16.8 Å². The Morgan fingerprint density at radius 1 is 0.971 bits per heavy atom. The van der Waals surface area contributed by atoms with E-state index in [4.69, 9.17) is 0 Å². The van der Waals surface area contributed by atoms with Gasteiger partial charge >= 0.3 is 6.03 Å². The summed E-state index contributed by atoms with van der Waals surface area (Å²) in [7, 11) is 0. The molecule has 1 aliphatic carbocycles. The maximum absolute atomic E-state index is 13.9. The summed E-state index contributed by atoms with van der Waals surface area (Å²) in [6, 6.07) is 16.3. The Morgan fingerprint density at radius 2 is 1.71 bits per heavy atom. The van der Waals surface area contributed by atoms with E-state index in [1.807, 2.05) is 36.2 Å². The van der Waals surface area contributed by atoms with E-state index in [0.29, 0.717) is 19.4 Å². The lowest BCUT2D eigenvalue weighted by molar-refractivity contribution is -0.137. The maximum atomic E-state index is 13.9. The maximum Gasteiger partial charge on any atom is 0.327 e. The first-order valence-corrected chi connectivity index (χ1v) is 12.6. The molecule has 2 aliphatic heterocycles. The number of carbonyl (C=O) groups excluding carboxylic acids is 2. The third kappa shape index (κ3) is 3.57. The molecule has 3 amide bonds. The first kappa shape index (κ1) is 22.0. The van der Waals surface area contributed by atoms with E-state index < -0.39 is 5.54 Å². The topological polar surface area (TPSA) is 61.7 Å². The van der Waals surface area contributed by atoms with Crippen molar-refractivity contribution in [2.75, 3.05) is 19.6 Å². The van der Waals surface area contributed by atoms with Crippen molar-refractivity contribution in [2.24, 2.45) is 0 Å². The minimum Gasteiger partial charge on any atom is -0.318 e. The molecule has 0 radical (unpaired) electrons. The molecule has 1 aromatic carbocycles. The number of rotatable bonds is 5. The van der Waals surface area contributed by atoms with E-state index in [0.717, 1.165) is 38.2 Å². The number of likely N-dealkylation sites (N-methyl/N-ethyl adjacent to an activating group) is 1. The zero-order valence-electron chi connectivity index (χ0n) is 20.1. The number of amides is 3. The van der Waals surface area contributed by atoms with Gasteiger partial charge in [-0.15, -0.1) is 0 Å². The first-order valence-electron chi connectivity index (χ1n) is 12.6. The Kier molecular flexibility index (Phi) is 5.44. The fourth-order valence-corrected chi connectivity index (χ4v) is 6.30. The highest BCUT2D eigenvalue weighted by Gasteiger charge is 2.59. The fourth-order valence-electron chi connectivity index (χ4n) is 6.30. The van der Waals surface area contributed by atoms with Crippen LogP contribution in [0, 0.1) is 0 Å². The highest BCUT2D eigenvalue weighted by Crippen LogP contribution is 2.40. The molecular formula is C28H31N5O2. The molecule has 1 spiro atoms. The van der Waals surface area contributed by atoms with Gasteiger partial charge in [0, 0.05) is 50.3 Å². The van der Waals surface area contributed by atoms with Crippen LogP contribution in [0.1, 0.15) is 36.6 Å². The molecular weight excluding hydrogens is 438 g/mol. The molecule has 35 heavy (non-hydrogen) atoms. The van der Waals surface area contributed by atoms with Crippen molar-refractivity contribution >= 4 is 11.9 Å². The van der Waals surface area contributed by atoms with Gasteiger partial charge in [-0.2, -0.15) is 0 Å². The lowest BCUT2D eigenvalue weighted by Crippen LogP contribution is -2.56. The van der Waals surface area contributed by atoms with Crippen molar-refractivity contribution < 1.29 is 9.59 Å². The molecule has 0 N–H and O–H groups in total. The molecule has 0 unspecified atom stereocenters. The predicted octanol–water partition coefficient (Wildman–Crippen LogP) is 3.66. The molecule has 2 saturated heterocycles. The summed E-state index contributed by atoms with van der Waals surface area (Å²) in [5.74, 6) is 0.0144. The number of piperidine rings is 1. The van der Waals surface area contributed by atoms with Crippen LogP contribution in [-0.2, 0) is 24.2 Å². The van der Waals surface area contributed by atoms with Crippen molar-refractivity contribution in [1.82, 2.24) is 24.3 Å². The van der Waals surface area contributed by atoms with Crippen LogP contribution >= 0.6 is 0 Å². The van der Waals surface area contributed by atoms with Crippen LogP contribution in [0.2, 0.25) is 0 Å². The number of benzene rings is 1. The zero-order chi connectivity index (χ0) is 24.0. The number of urea groups is 1. The van der Waals surface area contributed by atoms with Gasteiger partial charge in [-0.05, 0) is 68.0 Å². The third-order valence-electron chi connectivity index (χ3n) is 8.11. The number of hydrogen-bond donors (Lipinski definition) is 0. The van der Waals surface area contributed by atoms with Crippen LogP contribution in [0.25, 0.3) is 5.69 Å².